The fourth-order valence-corrected chi connectivity index (χ4v) is 5.18. The van der Waals surface area contributed by atoms with Gasteiger partial charge in [-0.1, -0.05) is 0 Å². The molecule has 2 aromatic rings. The van der Waals surface area contributed by atoms with Crippen LogP contribution in [0.25, 0.3) is 0 Å². The number of aryl methyl sites for hydroxylation is 1. The minimum absolute atomic E-state index is 0.0499. The molecule has 0 aliphatic carbocycles. The Morgan fingerprint density at radius 2 is 2.00 bits per heavy atom. The van der Waals surface area contributed by atoms with E-state index in [2.05, 4.69) is 33.4 Å². The lowest BCUT2D eigenvalue weighted by molar-refractivity contribution is -0.120. The van der Waals surface area contributed by atoms with Gasteiger partial charge in [0.05, 0.1) is 8.66 Å². The van der Waals surface area contributed by atoms with E-state index in [1.54, 1.807) is 23.1 Å². The second-order valence-electron chi connectivity index (χ2n) is 4.94. The number of hydrogen-bond donors (Lipinski definition) is 1. The molecule has 2 heterocycles. The van der Waals surface area contributed by atoms with Gasteiger partial charge < -0.3 is 5.32 Å². The fourth-order valence-electron chi connectivity index (χ4n) is 1.89. The average molecular weight is 432 g/mol. The normalized spacial score (nSPS) is 10.7. The SMILES string of the molecule is Cc1ccc(C(=O)CCC(=O)NCCSCc2ccc(Br)s2)s1. The van der Waals surface area contributed by atoms with E-state index in [4.69, 9.17) is 0 Å². The van der Waals surface area contributed by atoms with Crippen molar-refractivity contribution in [3.8, 4) is 0 Å². The highest BCUT2D eigenvalue weighted by atomic mass is 79.9. The summed E-state index contributed by atoms with van der Waals surface area (Å²) < 4.78 is 1.15. The van der Waals surface area contributed by atoms with Crippen LogP contribution in [0.5, 0.6) is 0 Å². The van der Waals surface area contributed by atoms with Gasteiger partial charge in [0.1, 0.15) is 0 Å². The molecule has 0 radical (unpaired) electrons. The molecule has 0 saturated carbocycles. The number of amides is 1. The molecule has 7 heteroatoms. The molecule has 1 amide bonds. The third-order valence-corrected chi connectivity index (χ3v) is 6.89. The summed E-state index contributed by atoms with van der Waals surface area (Å²) in [6, 6.07) is 7.92. The fraction of sp³-hybridized carbons (Fsp3) is 0.375. The van der Waals surface area contributed by atoms with E-state index in [0.717, 1.165) is 25.0 Å². The summed E-state index contributed by atoms with van der Waals surface area (Å²) in [7, 11) is 0. The summed E-state index contributed by atoms with van der Waals surface area (Å²) in [5.74, 6) is 1.84. The van der Waals surface area contributed by atoms with E-state index in [-0.39, 0.29) is 24.5 Å². The zero-order valence-corrected chi connectivity index (χ0v) is 16.8. The topological polar surface area (TPSA) is 46.2 Å². The van der Waals surface area contributed by atoms with Crippen LogP contribution in [0, 0.1) is 6.92 Å². The monoisotopic (exact) mass is 431 g/mol. The Kier molecular flexibility index (Phi) is 7.82. The molecule has 0 bridgehead atoms. The Balaban J connectivity index is 1.55. The summed E-state index contributed by atoms with van der Waals surface area (Å²) in [6.45, 7) is 2.61. The first-order valence-electron chi connectivity index (χ1n) is 7.23. The van der Waals surface area contributed by atoms with Crippen LogP contribution in [0.1, 0.15) is 32.3 Å². The number of carbonyl (C=O) groups excluding carboxylic acids is 2. The molecule has 0 spiro atoms. The van der Waals surface area contributed by atoms with Crippen LogP contribution >= 0.6 is 50.4 Å². The number of rotatable bonds is 9. The van der Waals surface area contributed by atoms with Crippen molar-refractivity contribution in [2.24, 2.45) is 0 Å². The van der Waals surface area contributed by atoms with Crippen LogP contribution in [0.2, 0.25) is 0 Å². The van der Waals surface area contributed by atoms with Crippen molar-refractivity contribution in [3.05, 3.63) is 42.7 Å². The Hall–Kier alpha value is -0.630. The van der Waals surface area contributed by atoms with Crippen molar-refractivity contribution in [1.82, 2.24) is 5.32 Å². The molecule has 0 aliphatic heterocycles. The maximum atomic E-state index is 11.9. The Morgan fingerprint density at radius 1 is 1.17 bits per heavy atom. The zero-order chi connectivity index (χ0) is 16.7. The van der Waals surface area contributed by atoms with Gasteiger partial charge in [0, 0.05) is 40.6 Å². The zero-order valence-electron chi connectivity index (χ0n) is 12.8. The molecule has 2 rings (SSSR count). The van der Waals surface area contributed by atoms with Crippen molar-refractivity contribution in [2.45, 2.75) is 25.5 Å². The first-order chi connectivity index (χ1) is 11.0. The van der Waals surface area contributed by atoms with Gasteiger partial charge in [-0.15, -0.1) is 22.7 Å². The lowest BCUT2D eigenvalue weighted by Crippen LogP contribution is -2.26. The number of thioether (sulfide) groups is 1. The highest BCUT2D eigenvalue weighted by Gasteiger charge is 2.10. The van der Waals surface area contributed by atoms with Crippen molar-refractivity contribution in [2.75, 3.05) is 12.3 Å². The average Bonchev–Trinajstić information content (AvgIpc) is 3.13. The predicted molar refractivity (Wildman–Crippen MR) is 104 cm³/mol. The van der Waals surface area contributed by atoms with Crippen molar-refractivity contribution < 1.29 is 9.59 Å². The van der Waals surface area contributed by atoms with Crippen LogP contribution in [-0.2, 0) is 10.5 Å². The lowest BCUT2D eigenvalue weighted by atomic mass is 10.2. The summed E-state index contributed by atoms with van der Waals surface area (Å²) in [5, 5.41) is 2.87. The van der Waals surface area contributed by atoms with Crippen molar-refractivity contribution >= 4 is 62.1 Å². The molecule has 0 atom stereocenters. The minimum atomic E-state index is -0.0499. The van der Waals surface area contributed by atoms with Gasteiger partial charge in [-0.2, -0.15) is 11.8 Å². The number of ketones is 1. The third-order valence-electron chi connectivity index (χ3n) is 3.04. The van der Waals surface area contributed by atoms with Gasteiger partial charge in [0.15, 0.2) is 5.78 Å². The second-order valence-corrected chi connectivity index (χ2v) is 9.88. The number of thiophene rings is 2. The van der Waals surface area contributed by atoms with Crippen molar-refractivity contribution in [1.29, 1.82) is 0 Å². The maximum absolute atomic E-state index is 11.9. The second kappa shape index (κ2) is 9.61. The van der Waals surface area contributed by atoms with Gasteiger partial charge in [-0.05, 0) is 47.1 Å². The minimum Gasteiger partial charge on any atom is -0.355 e. The van der Waals surface area contributed by atoms with E-state index < -0.39 is 0 Å². The van der Waals surface area contributed by atoms with Crippen LogP contribution in [0.4, 0.5) is 0 Å². The van der Waals surface area contributed by atoms with Gasteiger partial charge in [0.25, 0.3) is 0 Å². The Morgan fingerprint density at radius 3 is 2.65 bits per heavy atom. The largest absolute Gasteiger partial charge is 0.355 e. The molecule has 1 N–H and O–H groups in total. The van der Waals surface area contributed by atoms with Gasteiger partial charge in [-0.3, -0.25) is 9.59 Å². The first kappa shape index (κ1) is 18.7. The van der Waals surface area contributed by atoms with Gasteiger partial charge >= 0.3 is 0 Å². The summed E-state index contributed by atoms with van der Waals surface area (Å²) in [6.07, 6.45) is 0.542. The number of carbonyl (C=O) groups is 2. The lowest BCUT2D eigenvalue weighted by Gasteiger charge is -2.04. The molecule has 124 valence electrons. The molecule has 0 saturated heterocycles. The maximum Gasteiger partial charge on any atom is 0.220 e. The summed E-state index contributed by atoms with van der Waals surface area (Å²) in [4.78, 5) is 26.9. The smallest absolute Gasteiger partial charge is 0.220 e. The van der Waals surface area contributed by atoms with E-state index >= 15 is 0 Å². The molecule has 0 aromatic carbocycles. The number of nitrogens with one attached hydrogen (secondary N) is 1. The van der Waals surface area contributed by atoms with E-state index in [9.17, 15) is 9.59 Å². The van der Waals surface area contributed by atoms with E-state index in [1.165, 1.54) is 16.2 Å². The van der Waals surface area contributed by atoms with E-state index in [0.29, 0.717) is 6.54 Å². The summed E-state index contributed by atoms with van der Waals surface area (Å²) >= 11 is 8.46. The Bertz CT molecular complexity index is 666. The molecular weight excluding hydrogens is 414 g/mol. The number of hydrogen-bond acceptors (Lipinski definition) is 5. The molecule has 2 aromatic heterocycles. The highest BCUT2D eigenvalue weighted by molar-refractivity contribution is 9.11. The first-order valence-corrected chi connectivity index (χ1v) is 10.8. The molecular formula is C16H18BrNO2S3. The van der Waals surface area contributed by atoms with Gasteiger partial charge in [-0.25, -0.2) is 0 Å². The molecule has 3 nitrogen and oxygen atoms in total. The summed E-state index contributed by atoms with van der Waals surface area (Å²) in [5.41, 5.74) is 0. The van der Waals surface area contributed by atoms with Gasteiger partial charge in [0.2, 0.25) is 5.91 Å². The number of Topliss-reactive ketones (excluding diaryl/α,β-unsaturated/α-hetero) is 1. The van der Waals surface area contributed by atoms with Crippen LogP contribution in [-0.4, -0.2) is 24.0 Å². The van der Waals surface area contributed by atoms with E-state index in [1.807, 2.05) is 19.1 Å². The molecule has 0 aliphatic rings. The van der Waals surface area contributed by atoms with Crippen molar-refractivity contribution in [3.63, 3.8) is 0 Å². The standard InChI is InChI=1S/C16H18BrNO2S3/c1-11-2-5-14(22-11)13(19)4-7-16(20)18-8-9-21-10-12-3-6-15(17)23-12/h2-3,5-6H,4,7-10H2,1H3,(H,18,20). The van der Waals surface area contributed by atoms with Crippen LogP contribution in [0.3, 0.4) is 0 Å². The molecule has 0 fully saturated rings. The third kappa shape index (κ3) is 6.79. The molecule has 0 unspecified atom stereocenters. The number of halogens is 1. The Labute approximate surface area is 157 Å². The van der Waals surface area contributed by atoms with Crippen LogP contribution in [0.15, 0.2) is 28.1 Å². The predicted octanol–water partition coefficient (Wildman–Crippen LogP) is 4.89. The van der Waals surface area contributed by atoms with Crippen LogP contribution < -0.4 is 5.32 Å². The molecule has 23 heavy (non-hydrogen) atoms. The quantitative estimate of drug-likeness (QED) is 0.453. The highest BCUT2D eigenvalue weighted by Crippen LogP contribution is 2.25.